The van der Waals surface area contributed by atoms with Crippen molar-refractivity contribution in [2.75, 3.05) is 0 Å². The molecule has 5 heteroatoms. The van der Waals surface area contributed by atoms with Crippen LogP contribution in [0, 0.1) is 0 Å². The Hall–Kier alpha value is -2.82. The summed E-state index contributed by atoms with van der Waals surface area (Å²) >= 11 is 0. The normalized spacial score (nSPS) is 10.6. The Kier molecular flexibility index (Phi) is 3.09. The molecule has 0 saturated carbocycles. The molecule has 0 amide bonds. The number of hydrogen-bond donors (Lipinski definition) is 1. The van der Waals surface area contributed by atoms with Crippen LogP contribution in [0.4, 0.5) is 0 Å². The highest BCUT2D eigenvalue weighted by Gasteiger charge is 2.15. The Balaban J connectivity index is 1.79. The number of carbonyl (C=O) groups is 1. The van der Waals surface area contributed by atoms with Gasteiger partial charge in [-0.25, -0.2) is 4.79 Å². The van der Waals surface area contributed by atoms with Crippen LogP contribution in [0.5, 0.6) is 0 Å². The van der Waals surface area contributed by atoms with E-state index in [2.05, 4.69) is 4.98 Å². The number of rotatable bonds is 3. The average molecular weight is 269 g/mol. The topological polar surface area (TPSA) is 72.3 Å². The first-order chi connectivity index (χ1) is 9.74. The maximum atomic E-state index is 11.9. The number of esters is 1. The third-order valence-electron chi connectivity index (χ3n) is 2.87. The van der Waals surface area contributed by atoms with E-state index in [9.17, 15) is 9.59 Å². The lowest BCUT2D eigenvalue weighted by atomic mass is 10.2. The minimum atomic E-state index is -0.593. The van der Waals surface area contributed by atoms with Crippen molar-refractivity contribution >= 4 is 16.9 Å². The molecule has 100 valence electrons. The first-order valence-electron chi connectivity index (χ1n) is 6.06. The standard InChI is InChI=1S/C15H11NO4/c17-14-11-8-13(20-12(11)6-7-16-14)15(18)19-9-10-4-2-1-3-5-10/h1-8H,9H2,(H,16,17). The van der Waals surface area contributed by atoms with Gasteiger partial charge in [0.1, 0.15) is 12.2 Å². The Morgan fingerprint density at radius 2 is 2.00 bits per heavy atom. The molecule has 0 radical (unpaired) electrons. The molecule has 0 bridgehead atoms. The molecule has 0 aliphatic rings. The predicted molar refractivity (Wildman–Crippen MR) is 72.4 cm³/mol. The lowest BCUT2D eigenvalue weighted by molar-refractivity contribution is 0.0439. The van der Waals surface area contributed by atoms with E-state index in [-0.39, 0.29) is 17.9 Å². The van der Waals surface area contributed by atoms with Crippen molar-refractivity contribution in [1.29, 1.82) is 0 Å². The molecule has 3 rings (SSSR count). The number of aromatic amines is 1. The van der Waals surface area contributed by atoms with Crippen molar-refractivity contribution in [3.63, 3.8) is 0 Å². The zero-order valence-electron chi connectivity index (χ0n) is 10.5. The highest BCUT2D eigenvalue weighted by molar-refractivity contribution is 5.92. The monoisotopic (exact) mass is 269 g/mol. The molecular weight excluding hydrogens is 258 g/mol. The van der Waals surface area contributed by atoms with Crippen molar-refractivity contribution in [1.82, 2.24) is 4.98 Å². The summed E-state index contributed by atoms with van der Waals surface area (Å²) in [7, 11) is 0. The molecule has 1 N–H and O–H groups in total. The van der Waals surface area contributed by atoms with Crippen LogP contribution in [0.15, 0.2) is 57.9 Å². The van der Waals surface area contributed by atoms with Gasteiger partial charge in [-0.15, -0.1) is 0 Å². The average Bonchev–Trinajstić information content (AvgIpc) is 2.91. The highest BCUT2D eigenvalue weighted by Crippen LogP contribution is 2.16. The molecule has 0 saturated heterocycles. The third kappa shape index (κ3) is 2.33. The molecule has 0 atom stereocenters. The van der Waals surface area contributed by atoms with Crippen molar-refractivity contribution in [2.45, 2.75) is 6.61 Å². The number of benzene rings is 1. The Bertz CT molecular complexity index is 801. The smallest absolute Gasteiger partial charge is 0.374 e. The van der Waals surface area contributed by atoms with Gasteiger partial charge in [-0.2, -0.15) is 0 Å². The van der Waals surface area contributed by atoms with Crippen LogP contribution < -0.4 is 5.56 Å². The molecule has 0 fully saturated rings. The van der Waals surface area contributed by atoms with Gasteiger partial charge in [0.2, 0.25) is 5.76 Å². The maximum Gasteiger partial charge on any atom is 0.374 e. The van der Waals surface area contributed by atoms with E-state index in [1.165, 1.54) is 12.3 Å². The lowest BCUT2D eigenvalue weighted by Crippen LogP contribution is -2.04. The third-order valence-corrected chi connectivity index (χ3v) is 2.87. The van der Waals surface area contributed by atoms with E-state index in [4.69, 9.17) is 9.15 Å². The fourth-order valence-electron chi connectivity index (χ4n) is 1.87. The second-order valence-electron chi connectivity index (χ2n) is 4.26. The van der Waals surface area contributed by atoms with E-state index in [1.54, 1.807) is 6.07 Å². The predicted octanol–water partition coefficient (Wildman–Crippen LogP) is 2.48. The molecule has 2 heterocycles. The molecule has 20 heavy (non-hydrogen) atoms. The van der Waals surface area contributed by atoms with Gasteiger partial charge in [-0.3, -0.25) is 4.79 Å². The van der Waals surface area contributed by atoms with Crippen molar-refractivity contribution in [3.05, 3.63) is 70.3 Å². The number of ether oxygens (including phenoxy) is 1. The minimum absolute atomic E-state index is 0.0210. The van der Waals surface area contributed by atoms with E-state index in [0.717, 1.165) is 5.56 Å². The molecule has 0 spiro atoms. The van der Waals surface area contributed by atoms with Gasteiger partial charge in [0.25, 0.3) is 5.56 Å². The van der Waals surface area contributed by atoms with Crippen LogP contribution in [-0.4, -0.2) is 11.0 Å². The SMILES string of the molecule is O=C(OCc1ccccc1)c1cc2c(=O)[nH]ccc2o1. The summed E-state index contributed by atoms with van der Waals surface area (Å²) < 4.78 is 10.4. The molecule has 0 aliphatic heterocycles. The van der Waals surface area contributed by atoms with Crippen molar-refractivity contribution < 1.29 is 13.9 Å². The maximum absolute atomic E-state index is 11.9. The number of fused-ring (bicyclic) bond motifs is 1. The summed E-state index contributed by atoms with van der Waals surface area (Å²) in [6.45, 7) is 0.160. The van der Waals surface area contributed by atoms with E-state index >= 15 is 0 Å². The van der Waals surface area contributed by atoms with Crippen LogP contribution in [0.25, 0.3) is 11.0 Å². The molecule has 0 aliphatic carbocycles. The van der Waals surface area contributed by atoms with Crippen LogP contribution in [0.1, 0.15) is 16.1 Å². The zero-order chi connectivity index (χ0) is 13.9. The van der Waals surface area contributed by atoms with Gasteiger partial charge in [0.05, 0.1) is 5.39 Å². The summed E-state index contributed by atoms with van der Waals surface area (Å²) in [5.74, 6) is -0.572. The largest absolute Gasteiger partial charge is 0.455 e. The van der Waals surface area contributed by atoms with E-state index < -0.39 is 5.97 Å². The van der Waals surface area contributed by atoms with Crippen LogP contribution >= 0.6 is 0 Å². The quantitative estimate of drug-likeness (QED) is 0.741. The Morgan fingerprint density at radius 3 is 2.75 bits per heavy atom. The number of nitrogens with one attached hydrogen (secondary N) is 1. The van der Waals surface area contributed by atoms with Crippen LogP contribution in [0.3, 0.4) is 0 Å². The Labute approximate surface area is 113 Å². The van der Waals surface area contributed by atoms with Gasteiger partial charge in [-0.05, 0) is 11.6 Å². The van der Waals surface area contributed by atoms with Crippen LogP contribution in [0.2, 0.25) is 0 Å². The highest BCUT2D eigenvalue weighted by atomic mass is 16.5. The van der Waals surface area contributed by atoms with Crippen molar-refractivity contribution in [3.8, 4) is 0 Å². The number of hydrogen-bond acceptors (Lipinski definition) is 4. The molecule has 1 aromatic carbocycles. The second kappa shape index (κ2) is 5.05. The summed E-state index contributed by atoms with van der Waals surface area (Å²) in [6, 6.07) is 12.3. The first-order valence-corrected chi connectivity index (χ1v) is 6.06. The number of carbonyl (C=O) groups excluding carboxylic acids is 1. The zero-order valence-corrected chi connectivity index (χ0v) is 10.5. The van der Waals surface area contributed by atoms with E-state index in [0.29, 0.717) is 11.0 Å². The fraction of sp³-hybridized carbons (Fsp3) is 0.0667. The summed E-state index contributed by atoms with van der Waals surface area (Å²) in [4.78, 5) is 25.9. The second-order valence-corrected chi connectivity index (χ2v) is 4.26. The summed E-state index contributed by atoms with van der Waals surface area (Å²) in [5.41, 5.74) is 0.948. The molecule has 3 aromatic rings. The molecule has 2 aromatic heterocycles. The van der Waals surface area contributed by atoms with Crippen molar-refractivity contribution in [2.24, 2.45) is 0 Å². The van der Waals surface area contributed by atoms with Gasteiger partial charge in [0.15, 0.2) is 0 Å². The number of furan rings is 1. The molecule has 0 unspecified atom stereocenters. The van der Waals surface area contributed by atoms with Gasteiger partial charge < -0.3 is 14.1 Å². The number of aromatic nitrogens is 1. The Morgan fingerprint density at radius 1 is 1.20 bits per heavy atom. The van der Waals surface area contributed by atoms with E-state index in [1.807, 2.05) is 30.3 Å². The molecular formula is C15H11NO4. The van der Waals surface area contributed by atoms with Crippen LogP contribution in [-0.2, 0) is 11.3 Å². The van der Waals surface area contributed by atoms with Gasteiger partial charge >= 0.3 is 5.97 Å². The number of pyridine rings is 1. The van der Waals surface area contributed by atoms with Gasteiger partial charge in [0, 0.05) is 12.3 Å². The summed E-state index contributed by atoms with van der Waals surface area (Å²) in [6.07, 6.45) is 1.47. The summed E-state index contributed by atoms with van der Waals surface area (Å²) in [5, 5.41) is 0.333. The van der Waals surface area contributed by atoms with Gasteiger partial charge in [-0.1, -0.05) is 30.3 Å². The first kappa shape index (κ1) is 12.2. The number of H-pyrrole nitrogens is 1. The minimum Gasteiger partial charge on any atom is -0.455 e. The fourth-order valence-corrected chi connectivity index (χ4v) is 1.87. The molecule has 5 nitrogen and oxygen atoms in total. The lowest BCUT2D eigenvalue weighted by Gasteiger charge is -2.02.